The molecule has 4 heteroatoms. The van der Waals surface area contributed by atoms with E-state index in [-0.39, 0.29) is 5.91 Å². The lowest BCUT2D eigenvalue weighted by atomic mass is 10.2. The van der Waals surface area contributed by atoms with Crippen molar-refractivity contribution >= 4 is 11.9 Å². The quantitative estimate of drug-likeness (QED) is 0.542. The van der Waals surface area contributed by atoms with E-state index in [1.54, 1.807) is 38.4 Å². The maximum absolute atomic E-state index is 11.7. The first kappa shape index (κ1) is 11.2. The van der Waals surface area contributed by atoms with Gasteiger partial charge in [0.05, 0.1) is 5.56 Å². The Balaban J connectivity index is 3.06. The molecule has 1 rings (SSSR count). The molecule has 0 N–H and O–H groups in total. The molecular weight excluding hydrogens is 194 g/mol. The highest BCUT2D eigenvalue weighted by Gasteiger charge is 2.14. The van der Waals surface area contributed by atoms with E-state index in [9.17, 15) is 9.59 Å². The zero-order valence-electron chi connectivity index (χ0n) is 8.98. The van der Waals surface area contributed by atoms with Gasteiger partial charge in [0.2, 0.25) is 0 Å². The highest BCUT2D eigenvalue weighted by molar-refractivity contribution is 5.97. The van der Waals surface area contributed by atoms with Crippen molar-refractivity contribution in [3.05, 3.63) is 29.8 Å². The normalized spacial score (nSPS) is 9.53. The van der Waals surface area contributed by atoms with E-state index in [4.69, 9.17) is 4.74 Å². The number of rotatable bonds is 2. The number of carbonyl (C=O) groups is 2. The van der Waals surface area contributed by atoms with Crippen molar-refractivity contribution in [3.8, 4) is 5.75 Å². The summed E-state index contributed by atoms with van der Waals surface area (Å²) in [6.07, 6.45) is 0. The monoisotopic (exact) mass is 207 g/mol. The number of nitrogens with zero attached hydrogens (tertiary/aromatic N) is 1. The Labute approximate surface area is 88.5 Å². The van der Waals surface area contributed by atoms with Crippen LogP contribution in [0.2, 0.25) is 0 Å². The van der Waals surface area contributed by atoms with Crippen LogP contribution in [0.15, 0.2) is 24.3 Å². The van der Waals surface area contributed by atoms with Gasteiger partial charge < -0.3 is 9.64 Å². The van der Waals surface area contributed by atoms with Gasteiger partial charge in [-0.1, -0.05) is 12.1 Å². The van der Waals surface area contributed by atoms with Gasteiger partial charge in [-0.05, 0) is 12.1 Å². The fraction of sp³-hybridized carbons (Fsp3) is 0.273. The van der Waals surface area contributed by atoms with Gasteiger partial charge in [0.25, 0.3) is 5.91 Å². The van der Waals surface area contributed by atoms with Gasteiger partial charge in [-0.15, -0.1) is 0 Å². The number of amides is 1. The van der Waals surface area contributed by atoms with Gasteiger partial charge in [-0.3, -0.25) is 9.59 Å². The molecule has 0 aliphatic heterocycles. The third-order valence-electron chi connectivity index (χ3n) is 1.78. The number of hydrogen-bond acceptors (Lipinski definition) is 3. The predicted octanol–water partition coefficient (Wildman–Crippen LogP) is 1.31. The van der Waals surface area contributed by atoms with Crippen LogP contribution in [0.3, 0.4) is 0 Å². The number of hydrogen-bond donors (Lipinski definition) is 0. The largest absolute Gasteiger partial charge is 0.426 e. The third-order valence-corrected chi connectivity index (χ3v) is 1.78. The van der Waals surface area contributed by atoms with Crippen molar-refractivity contribution in [2.75, 3.05) is 14.1 Å². The number of carbonyl (C=O) groups excluding carboxylic acids is 2. The van der Waals surface area contributed by atoms with Crippen LogP contribution in [0.5, 0.6) is 5.75 Å². The van der Waals surface area contributed by atoms with Crippen molar-refractivity contribution < 1.29 is 14.3 Å². The van der Waals surface area contributed by atoms with E-state index >= 15 is 0 Å². The first-order valence-corrected chi connectivity index (χ1v) is 4.51. The van der Waals surface area contributed by atoms with Crippen LogP contribution in [0.25, 0.3) is 0 Å². The molecule has 0 radical (unpaired) electrons. The molecule has 0 fully saturated rings. The second-order valence-corrected chi connectivity index (χ2v) is 3.29. The molecular formula is C11H13NO3. The molecule has 0 spiro atoms. The second-order valence-electron chi connectivity index (χ2n) is 3.29. The van der Waals surface area contributed by atoms with Crippen molar-refractivity contribution in [2.45, 2.75) is 6.92 Å². The topological polar surface area (TPSA) is 46.6 Å². The molecule has 15 heavy (non-hydrogen) atoms. The van der Waals surface area contributed by atoms with E-state index in [0.29, 0.717) is 11.3 Å². The summed E-state index contributed by atoms with van der Waals surface area (Å²) in [5.41, 5.74) is 0.387. The molecule has 0 saturated carbocycles. The molecule has 0 aromatic heterocycles. The fourth-order valence-electron chi connectivity index (χ4n) is 1.13. The van der Waals surface area contributed by atoms with Crippen molar-refractivity contribution in [2.24, 2.45) is 0 Å². The lowest BCUT2D eigenvalue weighted by Gasteiger charge is -2.12. The van der Waals surface area contributed by atoms with E-state index in [1.807, 2.05) is 0 Å². The maximum atomic E-state index is 11.7. The first-order valence-electron chi connectivity index (χ1n) is 4.51. The SMILES string of the molecule is CC(=O)Oc1ccccc1C(=O)N(C)C. The highest BCUT2D eigenvalue weighted by atomic mass is 16.5. The molecule has 4 nitrogen and oxygen atoms in total. The predicted molar refractivity (Wildman–Crippen MR) is 55.8 cm³/mol. The average molecular weight is 207 g/mol. The van der Waals surface area contributed by atoms with Crippen molar-refractivity contribution in [1.29, 1.82) is 0 Å². The highest BCUT2D eigenvalue weighted by Crippen LogP contribution is 2.19. The van der Waals surface area contributed by atoms with Gasteiger partial charge in [-0.25, -0.2) is 0 Å². The molecule has 80 valence electrons. The second kappa shape index (κ2) is 4.59. The molecule has 0 aliphatic rings. The summed E-state index contributed by atoms with van der Waals surface area (Å²) in [5.74, 6) is -0.329. The smallest absolute Gasteiger partial charge is 0.308 e. The Morgan fingerprint density at radius 2 is 1.80 bits per heavy atom. The Morgan fingerprint density at radius 1 is 1.20 bits per heavy atom. The summed E-state index contributed by atoms with van der Waals surface area (Å²) in [6, 6.07) is 6.66. The summed E-state index contributed by atoms with van der Waals surface area (Å²) >= 11 is 0. The average Bonchev–Trinajstić information content (AvgIpc) is 2.16. The van der Waals surface area contributed by atoms with Crippen LogP contribution in [-0.4, -0.2) is 30.9 Å². The molecule has 0 aliphatic carbocycles. The number of ether oxygens (including phenoxy) is 1. The fourth-order valence-corrected chi connectivity index (χ4v) is 1.13. The van der Waals surface area contributed by atoms with Gasteiger partial charge in [0.15, 0.2) is 0 Å². The van der Waals surface area contributed by atoms with Crippen LogP contribution in [-0.2, 0) is 4.79 Å². The minimum absolute atomic E-state index is 0.188. The molecule has 0 heterocycles. The maximum Gasteiger partial charge on any atom is 0.308 e. The molecule has 0 saturated heterocycles. The van der Waals surface area contributed by atoms with Crippen LogP contribution in [0, 0.1) is 0 Å². The van der Waals surface area contributed by atoms with Gasteiger partial charge in [0, 0.05) is 21.0 Å². The number of esters is 1. The summed E-state index contributed by atoms with van der Waals surface area (Å²) in [7, 11) is 3.29. The summed E-state index contributed by atoms with van der Waals surface area (Å²) in [6.45, 7) is 1.30. The Hall–Kier alpha value is -1.84. The third kappa shape index (κ3) is 2.80. The minimum Gasteiger partial charge on any atom is -0.426 e. The van der Waals surface area contributed by atoms with Gasteiger partial charge in [0.1, 0.15) is 5.75 Å². The molecule has 1 aromatic carbocycles. The Bertz CT molecular complexity index is 385. The van der Waals surface area contributed by atoms with Crippen LogP contribution in [0.4, 0.5) is 0 Å². The van der Waals surface area contributed by atoms with Crippen molar-refractivity contribution in [1.82, 2.24) is 4.90 Å². The van der Waals surface area contributed by atoms with Crippen LogP contribution < -0.4 is 4.74 Å². The minimum atomic E-state index is -0.436. The zero-order chi connectivity index (χ0) is 11.4. The lowest BCUT2D eigenvalue weighted by molar-refractivity contribution is -0.131. The van der Waals surface area contributed by atoms with E-state index in [1.165, 1.54) is 11.8 Å². The van der Waals surface area contributed by atoms with E-state index in [2.05, 4.69) is 0 Å². The lowest BCUT2D eigenvalue weighted by Crippen LogP contribution is -2.22. The van der Waals surface area contributed by atoms with Gasteiger partial charge >= 0.3 is 5.97 Å². The van der Waals surface area contributed by atoms with Gasteiger partial charge in [-0.2, -0.15) is 0 Å². The Morgan fingerprint density at radius 3 is 2.33 bits per heavy atom. The molecule has 0 unspecified atom stereocenters. The Kier molecular flexibility index (Phi) is 3.44. The molecule has 0 atom stereocenters. The number of benzene rings is 1. The summed E-state index contributed by atoms with van der Waals surface area (Å²) < 4.78 is 4.93. The first-order chi connectivity index (χ1) is 7.02. The number of para-hydroxylation sites is 1. The molecule has 1 aromatic rings. The zero-order valence-corrected chi connectivity index (χ0v) is 8.98. The van der Waals surface area contributed by atoms with Crippen LogP contribution in [0.1, 0.15) is 17.3 Å². The van der Waals surface area contributed by atoms with Crippen molar-refractivity contribution in [3.63, 3.8) is 0 Å². The molecule has 0 bridgehead atoms. The summed E-state index contributed by atoms with van der Waals surface area (Å²) in [4.78, 5) is 23.9. The van der Waals surface area contributed by atoms with E-state index in [0.717, 1.165) is 0 Å². The van der Waals surface area contributed by atoms with E-state index < -0.39 is 5.97 Å². The summed E-state index contributed by atoms with van der Waals surface area (Å²) in [5, 5.41) is 0. The van der Waals surface area contributed by atoms with Crippen LogP contribution >= 0.6 is 0 Å². The molecule has 1 amide bonds. The standard InChI is InChI=1S/C11H13NO3/c1-8(13)15-10-7-5-4-6-9(10)11(14)12(2)3/h4-7H,1-3H3.